The van der Waals surface area contributed by atoms with Crippen molar-refractivity contribution in [2.45, 2.75) is 19.3 Å². The third-order valence-corrected chi connectivity index (χ3v) is 4.72. The summed E-state index contributed by atoms with van der Waals surface area (Å²) in [6, 6.07) is 13.5. The number of nitrogens with zero attached hydrogens (tertiary/aromatic N) is 3. The predicted molar refractivity (Wildman–Crippen MR) is 107 cm³/mol. The molecule has 0 bridgehead atoms. The molecule has 1 N–H and O–H groups in total. The number of carbonyl (C=O) groups is 1. The Balaban J connectivity index is 1.46. The van der Waals surface area contributed by atoms with Gasteiger partial charge >= 0.3 is 0 Å². The number of carbonyl (C=O) groups excluding carboxylic acids is 1. The zero-order chi connectivity index (χ0) is 19.2. The second-order valence-electron chi connectivity index (χ2n) is 7.04. The van der Waals surface area contributed by atoms with Crippen LogP contribution in [0.5, 0.6) is 0 Å². The second kappa shape index (κ2) is 8.80. The quantitative estimate of drug-likeness (QED) is 0.581. The van der Waals surface area contributed by atoms with Gasteiger partial charge in [0.2, 0.25) is 0 Å². The maximum atomic E-state index is 12.8. The van der Waals surface area contributed by atoms with Crippen LogP contribution in [0.15, 0.2) is 61.1 Å². The Morgan fingerprint density at radius 3 is 2.79 bits per heavy atom. The van der Waals surface area contributed by atoms with E-state index in [2.05, 4.69) is 15.4 Å². The van der Waals surface area contributed by atoms with Gasteiger partial charge in [-0.05, 0) is 49.4 Å². The first-order valence-electron chi connectivity index (χ1n) is 9.72. The summed E-state index contributed by atoms with van der Waals surface area (Å²) >= 11 is 0. The first kappa shape index (κ1) is 18.4. The molecule has 0 aliphatic heterocycles. The topological polar surface area (TPSA) is 69.0 Å². The van der Waals surface area contributed by atoms with Crippen LogP contribution in [0.1, 0.15) is 29.6 Å². The first-order valence-corrected chi connectivity index (χ1v) is 9.72. The van der Waals surface area contributed by atoms with Gasteiger partial charge < -0.3 is 10.1 Å². The molecular formula is C22H24N4O2. The molecule has 0 saturated heterocycles. The van der Waals surface area contributed by atoms with E-state index in [1.165, 1.54) is 12.8 Å². The van der Waals surface area contributed by atoms with Crippen molar-refractivity contribution in [3.63, 3.8) is 0 Å². The van der Waals surface area contributed by atoms with Crippen molar-refractivity contribution in [3.05, 3.63) is 66.6 Å². The van der Waals surface area contributed by atoms with Crippen molar-refractivity contribution in [1.29, 1.82) is 0 Å². The van der Waals surface area contributed by atoms with Crippen LogP contribution in [0.2, 0.25) is 0 Å². The minimum absolute atomic E-state index is 0.136. The van der Waals surface area contributed by atoms with Gasteiger partial charge in [0, 0.05) is 43.9 Å². The van der Waals surface area contributed by atoms with Crippen molar-refractivity contribution in [2.24, 2.45) is 5.92 Å². The molecule has 1 aromatic carbocycles. The molecule has 6 nitrogen and oxygen atoms in total. The van der Waals surface area contributed by atoms with Gasteiger partial charge in [-0.1, -0.05) is 18.2 Å². The molecule has 1 aliphatic carbocycles. The van der Waals surface area contributed by atoms with E-state index in [4.69, 9.17) is 4.74 Å². The number of para-hydroxylation sites is 1. The van der Waals surface area contributed by atoms with E-state index < -0.39 is 0 Å². The number of nitrogens with one attached hydrogen (secondary N) is 1. The number of pyridine rings is 1. The highest BCUT2D eigenvalue weighted by Gasteiger charge is 2.21. The van der Waals surface area contributed by atoms with Gasteiger partial charge in [0.05, 0.1) is 11.3 Å². The fourth-order valence-electron chi connectivity index (χ4n) is 2.98. The second-order valence-corrected chi connectivity index (χ2v) is 7.04. The van der Waals surface area contributed by atoms with Crippen LogP contribution in [-0.2, 0) is 4.74 Å². The highest BCUT2D eigenvalue weighted by molar-refractivity contribution is 5.99. The maximum Gasteiger partial charge on any atom is 0.255 e. The highest BCUT2D eigenvalue weighted by Crippen LogP contribution is 2.28. The lowest BCUT2D eigenvalue weighted by Gasteiger charge is -2.06. The van der Waals surface area contributed by atoms with Crippen LogP contribution in [0.25, 0.3) is 16.9 Å². The molecule has 2 aromatic heterocycles. The third-order valence-electron chi connectivity index (χ3n) is 4.72. The molecule has 28 heavy (non-hydrogen) atoms. The molecule has 0 radical (unpaired) electrons. The van der Waals surface area contributed by atoms with Gasteiger partial charge in [0.25, 0.3) is 5.91 Å². The Kier molecular flexibility index (Phi) is 5.77. The largest absolute Gasteiger partial charge is 0.381 e. The molecule has 0 atom stereocenters. The summed E-state index contributed by atoms with van der Waals surface area (Å²) in [4.78, 5) is 17.0. The summed E-state index contributed by atoms with van der Waals surface area (Å²) in [6.07, 6.45) is 8.59. The summed E-state index contributed by atoms with van der Waals surface area (Å²) in [7, 11) is 0. The lowest BCUT2D eigenvalue weighted by Crippen LogP contribution is -2.25. The first-order chi connectivity index (χ1) is 13.8. The predicted octanol–water partition coefficient (Wildman–Crippen LogP) is 3.48. The third kappa shape index (κ3) is 4.64. The Morgan fingerprint density at radius 2 is 2.04 bits per heavy atom. The Hall–Kier alpha value is -2.99. The smallest absolute Gasteiger partial charge is 0.255 e. The van der Waals surface area contributed by atoms with Crippen LogP contribution >= 0.6 is 0 Å². The molecule has 1 amide bonds. The molecule has 4 rings (SSSR count). The van der Waals surface area contributed by atoms with Gasteiger partial charge in [-0.25, -0.2) is 4.68 Å². The molecule has 0 unspecified atom stereocenters. The Bertz CT molecular complexity index is 905. The van der Waals surface area contributed by atoms with Crippen LogP contribution in [0.4, 0.5) is 0 Å². The zero-order valence-corrected chi connectivity index (χ0v) is 15.8. The fourth-order valence-corrected chi connectivity index (χ4v) is 2.98. The average Bonchev–Trinajstić information content (AvgIpc) is 3.46. The van der Waals surface area contributed by atoms with Crippen LogP contribution < -0.4 is 5.32 Å². The molecule has 1 aliphatic rings. The van der Waals surface area contributed by atoms with Crippen molar-refractivity contribution in [3.8, 4) is 16.9 Å². The number of ether oxygens (including phenoxy) is 1. The minimum atomic E-state index is -0.136. The van der Waals surface area contributed by atoms with E-state index in [1.54, 1.807) is 23.3 Å². The van der Waals surface area contributed by atoms with E-state index in [1.807, 2.05) is 42.5 Å². The normalized spacial score (nSPS) is 13.4. The number of hydrogen-bond donors (Lipinski definition) is 1. The van der Waals surface area contributed by atoms with E-state index in [0.29, 0.717) is 24.4 Å². The molecule has 1 fully saturated rings. The Morgan fingerprint density at radius 1 is 1.18 bits per heavy atom. The van der Waals surface area contributed by atoms with Crippen LogP contribution in [-0.4, -0.2) is 40.4 Å². The summed E-state index contributed by atoms with van der Waals surface area (Å²) < 4.78 is 7.36. The lowest BCUT2D eigenvalue weighted by molar-refractivity contribution is 0.0938. The number of benzene rings is 1. The molecular weight excluding hydrogens is 352 g/mol. The molecule has 6 heteroatoms. The monoisotopic (exact) mass is 376 g/mol. The number of rotatable bonds is 9. The maximum absolute atomic E-state index is 12.8. The number of amides is 1. The molecule has 0 spiro atoms. The van der Waals surface area contributed by atoms with Crippen molar-refractivity contribution >= 4 is 5.91 Å². The zero-order valence-electron chi connectivity index (χ0n) is 15.8. The van der Waals surface area contributed by atoms with Gasteiger partial charge in [0.15, 0.2) is 0 Å². The highest BCUT2D eigenvalue weighted by atomic mass is 16.5. The van der Waals surface area contributed by atoms with Gasteiger partial charge in [-0.15, -0.1) is 0 Å². The average molecular weight is 376 g/mol. The Labute approximate surface area is 164 Å². The minimum Gasteiger partial charge on any atom is -0.381 e. The number of aromatic nitrogens is 3. The fraction of sp³-hybridized carbons (Fsp3) is 0.318. The molecule has 1 saturated carbocycles. The summed E-state index contributed by atoms with van der Waals surface area (Å²) in [5, 5.41) is 7.63. The molecule has 3 aromatic rings. The summed E-state index contributed by atoms with van der Waals surface area (Å²) in [5.74, 6) is 0.628. The summed E-state index contributed by atoms with van der Waals surface area (Å²) in [6.45, 7) is 2.10. The summed E-state index contributed by atoms with van der Waals surface area (Å²) in [5.41, 5.74) is 2.88. The van der Waals surface area contributed by atoms with Gasteiger partial charge in [0.1, 0.15) is 5.69 Å². The molecule has 2 heterocycles. The van der Waals surface area contributed by atoms with E-state index in [-0.39, 0.29) is 5.91 Å². The van der Waals surface area contributed by atoms with E-state index >= 15 is 0 Å². The van der Waals surface area contributed by atoms with Gasteiger partial charge in [-0.3, -0.25) is 9.78 Å². The lowest BCUT2D eigenvalue weighted by atomic mass is 10.1. The standard InChI is InChI=1S/C22H24N4O2/c27-22(24-12-5-13-28-16-17-9-10-17)20-15-26(19-7-2-1-3-8-19)25-21(20)18-6-4-11-23-14-18/h1-4,6-8,11,14-15,17H,5,9-10,12-13,16H2,(H,24,27). The van der Waals surface area contributed by atoms with Crippen LogP contribution in [0.3, 0.4) is 0 Å². The van der Waals surface area contributed by atoms with Crippen molar-refractivity contribution in [1.82, 2.24) is 20.1 Å². The number of hydrogen-bond acceptors (Lipinski definition) is 4. The van der Waals surface area contributed by atoms with Crippen molar-refractivity contribution < 1.29 is 9.53 Å². The van der Waals surface area contributed by atoms with Gasteiger partial charge in [-0.2, -0.15) is 5.10 Å². The van der Waals surface area contributed by atoms with E-state index in [0.717, 1.165) is 30.2 Å². The SMILES string of the molecule is O=C(NCCCOCC1CC1)c1cn(-c2ccccc2)nc1-c1cccnc1. The molecule has 144 valence electrons. The van der Waals surface area contributed by atoms with Crippen molar-refractivity contribution in [2.75, 3.05) is 19.8 Å². The van der Waals surface area contributed by atoms with E-state index in [9.17, 15) is 4.79 Å². The van der Waals surface area contributed by atoms with Crippen LogP contribution in [0, 0.1) is 5.92 Å².